The number of rotatable bonds is 5. The van der Waals surface area contributed by atoms with Crippen LogP contribution in [-0.4, -0.2) is 17.4 Å². The van der Waals surface area contributed by atoms with E-state index in [-0.39, 0.29) is 0 Å². The first-order valence-corrected chi connectivity index (χ1v) is 18.4. The molecule has 1 N–H and O–H groups in total. The average molecular weight is 574 g/mol. The Hall–Kier alpha value is -1.41. The van der Waals surface area contributed by atoms with E-state index < -0.39 is 26.3 Å². The number of halogens is 2. The van der Waals surface area contributed by atoms with E-state index in [1.807, 2.05) is 36.5 Å². The summed E-state index contributed by atoms with van der Waals surface area (Å²) in [5.74, 6) is 0.326. The maximum absolute atomic E-state index is 11.4. The molecule has 0 spiro atoms. The van der Waals surface area contributed by atoms with Crippen LogP contribution in [0.1, 0.15) is 74.1 Å². The second-order valence-electron chi connectivity index (χ2n) is 8.95. The zero-order valence-corrected chi connectivity index (χ0v) is 23.7. The predicted molar refractivity (Wildman–Crippen MR) is 142 cm³/mol. The minimum atomic E-state index is -0.826. The van der Waals surface area contributed by atoms with E-state index in [1.165, 1.54) is 32.1 Å². The van der Waals surface area contributed by atoms with Gasteiger partial charge in [0.05, 0.1) is 0 Å². The summed E-state index contributed by atoms with van der Waals surface area (Å²) in [5, 5.41) is 11.4. The third kappa shape index (κ3) is 7.06. The van der Waals surface area contributed by atoms with Gasteiger partial charge in [0.15, 0.2) is 0 Å². The summed E-state index contributed by atoms with van der Waals surface area (Å²) in [4.78, 5) is 4.90. The number of aliphatic imine (C=N–C) groups is 1. The molecule has 2 nitrogen and oxygen atoms in total. The van der Waals surface area contributed by atoms with Crippen molar-refractivity contribution in [3.8, 4) is 5.75 Å². The number of hydrogen-bond donors (Lipinski definition) is 1. The minimum absolute atomic E-state index is 0.326. The summed E-state index contributed by atoms with van der Waals surface area (Å²) in [6.45, 7) is 2.20. The zero-order valence-electron chi connectivity index (χ0n) is 19.8. The molecule has 0 unspecified atom stereocenters. The molecule has 3 aromatic rings. The van der Waals surface area contributed by atoms with E-state index in [2.05, 4.69) is 55.5 Å². The molecular weight excluding hydrogens is 540 g/mol. The SMILES string of the molecule is CC(c1ccccc1)(c1ccccc1)c1cccc(C=NC2CCCCCCC2)c1O.[Cl][Zr][Cl]. The molecular formula is C29H33Cl2NOZr. The molecule has 0 bridgehead atoms. The van der Waals surface area contributed by atoms with Crippen molar-refractivity contribution in [2.24, 2.45) is 4.99 Å². The van der Waals surface area contributed by atoms with E-state index >= 15 is 0 Å². The van der Waals surface area contributed by atoms with Crippen molar-refractivity contribution in [2.75, 3.05) is 0 Å². The predicted octanol–water partition coefficient (Wildman–Crippen LogP) is 8.65. The van der Waals surface area contributed by atoms with Gasteiger partial charge in [0, 0.05) is 28.8 Å². The first-order chi connectivity index (χ1) is 16.6. The van der Waals surface area contributed by atoms with Crippen molar-refractivity contribution >= 4 is 23.2 Å². The van der Waals surface area contributed by atoms with Gasteiger partial charge in [0.25, 0.3) is 0 Å². The van der Waals surface area contributed by atoms with Crippen molar-refractivity contribution in [2.45, 2.75) is 63.3 Å². The number of phenolic OH excluding ortho intramolecular Hbond substituents is 1. The topological polar surface area (TPSA) is 32.6 Å². The van der Waals surface area contributed by atoms with Crippen molar-refractivity contribution in [1.82, 2.24) is 0 Å². The summed E-state index contributed by atoms with van der Waals surface area (Å²) >= 11 is -0.826. The van der Waals surface area contributed by atoms with Gasteiger partial charge in [-0.3, -0.25) is 4.99 Å². The van der Waals surface area contributed by atoms with Crippen LogP contribution in [0.2, 0.25) is 0 Å². The number of hydrogen-bond acceptors (Lipinski definition) is 2. The van der Waals surface area contributed by atoms with Gasteiger partial charge in [-0.2, -0.15) is 0 Å². The van der Waals surface area contributed by atoms with Gasteiger partial charge < -0.3 is 5.11 Å². The Morgan fingerprint density at radius 1 is 0.794 bits per heavy atom. The zero-order chi connectivity index (χ0) is 24.2. The van der Waals surface area contributed by atoms with Crippen LogP contribution in [-0.2, 0) is 26.3 Å². The molecule has 1 saturated carbocycles. The van der Waals surface area contributed by atoms with Crippen LogP contribution < -0.4 is 0 Å². The summed E-state index contributed by atoms with van der Waals surface area (Å²) < 4.78 is 0. The molecule has 0 amide bonds. The second kappa shape index (κ2) is 14.2. The number of aromatic hydroxyl groups is 1. The van der Waals surface area contributed by atoms with Crippen LogP contribution >= 0.6 is 17.0 Å². The molecule has 1 aliphatic rings. The van der Waals surface area contributed by atoms with Crippen LogP contribution in [0.5, 0.6) is 5.75 Å². The number of phenols is 1. The average Bonchev–Trinajstić information content (AvgIpc) is 2.85. The van der Waals surface area contributed by atoms with E-state index in [1.54, 1.807) is 0 Å². The fraction of sp³-hybridized carbons (Fsp3) is 0.345. The van der Waals surface area contributed by atoms with Gasteiger partial charge in [-0.15, -0.1) is 0 Å². The number of nitrogens with zero attached hydrogens (tertiary/aromatic N) is 1. The Morgan fingerprint density at radius 2 is 1.29 bits per heavy atom. The van der Waals surface area contributed by atoms with Crippen LogP contribution in [0.15, 0.2) is 83.9 Å². The van der Waals surface area contributed by atoms with Gasteiger partial charge in [0.2, 0.25) is 0 Å². The van der Waals surface area contributed by atoms with E-state index in [0.29, 0.717) is 11.8 Å². The molecule has 0 aromatic heterocycles. The van der Waals surface area contributed by atoms with Gasteiger partial charge in [-0.1, -0.05) is 105 Å². The monoisotopic (exact) mass is 571 g/mol. The molecule has 0 atom stereocenters. The Balaban J connectivity index is 0.00000103. The number of para-hydroxylation sites is 1. The summed E-state index contributed by atoms with van der Waals surface area (Å²) in [6, 6.07) is 27.3. The van der Waals surface area contributed by atoms with Crippen LogP contribution in [0, 0.1) is 0 Å². The molecule has 3 aromatic carbocycles. The van der Waals surface area contributed by atoms with Gasteiger partial charge in [-0.05, 0) is 37.0 Å². The molecule has 178 valence electrons. The molecule has 5 heteroatoms. The normalized spacial score (nSPS) is 15.1. The molecule has 4 rings (SSSR count). The summed E-state index contributed by atoms with van der Waals surface area (Å²) in [5.41, 5.74) is 3.57. The Morgan fingerprint density at radius 3 is 1.82 bits per heavy atom. The Bertz CT molecular complexity index is 979. The third-order valence-corrected chi connectivity index (χ3v) is 6.81. The number of benzene rings is 3. The second-order valence-corrected chi connectivity index (χ2v) is 12.7. The molecule has 0 heterocycles. The van der Waals surface area contributed by atoms with Crippen molar-refractivity contribution in [1.29, 1.82) is 0 Å². The Labute approximate surface area is 223 Å². The van der Waals surface area contributed by atoms with Gasteiger partial charge in [0.1, 0.15) is 5.75 Å². The summed E-state index contributed by atoms with van der Waals surface area (Å²) in [7, 11) is 9.87. The first kappa shape index (κ1) is 27.2. The van der Waals surface area contributed by atoms with Gasteiger partial charge in [-0.25, -0.2) is 0 Å². The molecule has 0 radical (unpaired) electrons. The van der Waals surface area contributed by atoms with Crippen molar-refractivity contribution < 1.29 is 26.0 Å². The molecule has 34 heavy (non-hydrogen) atoms. The molecule has 1 aliphatic carbocycles. The third-order valence-electron chi connectivity index (χ3n) is 6.81. The van der Waals surface area contributed by atoms with E-state index in [4.69, 9.17) is 22.0 Å². The van der Waals surface area contributed by atoms with E-state index in [0.717, 1.165) is 35.1 Å². The maximum atomic E-state index is 11.4. The fourth-order valence-corrected chi connectivity index (χ4v) is 4.86. The standard InChI is InChI=1S/C29H33NO.2ClH.Zr/c1-29(24-15-7-5-8-16-24,25-17-9-6-10-18-25)27-21-13-14-23(28(27)31)22-30-26-19-11-3-2-4-12-20-26;;;/h5-10,13-18,21-22,26,31H,2-4,11-12,19-20H2,1H3;2*1H;/q;;;+2/p-2. The van der Waals surface area contributed by atoms with Crippen molar-refractivity contribution in [3.63, 3.8) is 0 Å². The molecule has 0 saturated heterocycles. The quantitative estimate of drug-likeness (QED) is 0.240. The molecule has 1 fully saturated rings. The van der Waals surface area contributed by atoms with Crippen molar-refractivity contribution in [3.05, 3.63) is 101 Å². The first-order valence-electron chi connectivity index (χ1n) is 12.0. The Kier molecular flexibility index (Phi) is 11.4. The van der Waals surface area contributed by atoms with Crippen LogP contribution in [0.25, 0.3) is 0 Å². The summed E-state index contributed by atoms with van der Waals surface area (Å²) in [6.07, 6.45) is 10.7. The fourth-order valence-electron chi connectivity index (χ4n) is 4.86. The van der Waals surface area contributed by atoms with Gasteiger partial charge >= 0.3 is 37.9 Å². The van der Waals surface area contributed by atoms with Crippen LogP contribution in [0.4, 0.5) is 0 Å². The van der Waals surface area contributed by atoms with Crippen LogP contribution in [0.3, 0.4) is 0 Å². The van der Waals surface area contributed by atoms with E-state index in [9.17, 15) is 5.11 Å². The molecule has 0 aliphatic heterocycles.